The van der Waals surface area contributed by atoms with E-state index in [0.29, 0.717) is 22.4 Å². The van der Waals surface area contributed by atoms with E-state index in [1.807, 2.05) is 19.1 Å². The minimum absolute atomic E-state index is 0.178. The van der Waals surface area contributed by atoms with Crippen LogP contribution in [0.15, 0.2) is 54.6 Å². The molecule has 0 N–H and O–H groups in total. The van der Waals surface area contributed by atoms with Crippen LogP contribution in [0.25, 0.3) is 5.57 Å². The molecule has 0 amide bonds. The molecule has 0 aliphatic carbocycles. The summed E-state index contributed by atoms with van der Waals surface area (Å²) < 4.78 is 5.07. The molecule has 0 fully saturated rings. The summed E-state index contributed by atoms with van der Waals surface area (Å²) in [7, 11) is 1.58. The highest BCUT2D eigenvalue weighted by molar-refractivity contribution is 6.10. The van der Waals surface area contributed by atoms with Crippen molar-refractivity contribution in [3.05, 3.63) is 71.3 Å². The van der Waals surface area contributed by atoms with E-state index in [4.69, 9.17) is 4.74 Å². The molecule has 3 heteroatoms. The highest BCUT2D eigenvalue weighted by Crippen LogP contribution is 2.19. The monoisotopic (exact) mass is 277 g/mol. The standard InChI is InChI=1S/C18H15NO2/c1-13-3-5-15(6-4-13)18(20)11-16(12-19)14-7-9-17(21-2)10-8-14/h3-11H,1-2H3/b16-11+. The Bertz CT molecular complexity index is 704. The lowest BCUT2D eigenvalue weighted by Gasteiger charge is -2.02. The number of nitrogens with zero attached hydrogens (tertiary/aromatic N) is 1. The number of allylic oxidation sites excluding steroid dienone is 2. The topological polar surface area (TPSA) is 50.1 Å². The van der Waals surface area contributed by atoms with Gasteiger partial charge in [0.25, 0.3) is 0 Å². The van der Waals surface area contributed by atoms with Crippen LogP contribution < -0.4 is 4.74 Å². The molecular formula is C18H15NO2. The Morgan fingerprint density at radius 1 is 1.05 bits per heavy atom. The number of aryl methyl sites for hydroxylation is 1. The van der Waals surface area contributed by atoms with Crippen molar-refractivity contribution >= 4 is 11.4 Å². The Balaban J connectivity index is 2.29. The Labute approximate surface area is 124 Å². The fourth-order valence-corrected chi connectivity index (χ4v) is 1.88. The second-order valence-electron chi connectivity index (χ2n) is 4.63. The summed E-state index contributed by atoms with van der Waals surface area (Å²) in [6, 6.07) is 16.4. The zero-order valence-electron chi connectivity index (χ0n) is 12.0. The Morgan fingerprint density at radius 3 is 2.14 bits per heavy atom. The maximum Gasteiger partial charge on any atom is 0.187 e. The van der Waals surface area contributed by atoms with Gasteiger partial charge < -0.3 is 4.74 Å². The number of carbonyl (C=O) groups is 1. The van der Waals surface area contributed by atoms with Gasteiger partial charge in [0.1, 0.15) is 5.75 Å². The predicted molar refractivity (Wildman–Crippen MR) is 82.1 cm³/mol. The molecule has 0 aliphatic heterocycles. The molecule has 104 valence electrons. The first kappa shape index (κ1) is 14.5. The van der Waals surface area contributed by atoms with Gasteiger partial charge in [-0.2, -0.15) is 5.26 Å². The van der Waals surface area contributed by atoms with Gasteiger partial charge in [-0.3, -0.25) is 4.79 Å². The number of ether oxygens (including phenoxy) is 1. The van der Waals surface area contributed by atoms with Crippen LogP contribution in [-0.2, 0) is 0 Å². The van der Waals surface area contributed by atoms with E-state index in [1.165, 1.54) is 6.08 Å². The van der Waals surface area contributed by atoms with Crippen molar-refractivity contribution < 1.29 is 9.53 Å². The molecule has 2 rings (SSSR count). The van der Waals surface area contributed by atoms with Gasteiger partial charge in [0, 0.05) is 11.6 Å². The molecule has 3 nitrogen and oxygen atoms in total. The quantitative estimate of drug-likeness (QED) is 0.485. The molecule has 0 saturated carbocycles. The summed E-state index contributed by atoms with van der Waals surface area (Å²) in [6.45, 7) is 1.96. The van der Waals surface area contributed by atoms with Gasteiger partial charge >= 0.3 is 0 Å². The third kappa shape index (κ3) is 3.58. The Kier molecular flexibility index (Phi) is 4.53. The third-order valence-electron chi connectivity index (χ3n) is 3.13. The number of methoxy groups -OCH3 is 1. The van der Waals surface area contributed by atoms with Crippen molar-refractivity contribution in [3.8, 4) is 11.8 Å². The van der Waals surface area contributed by atoms with Crippen LogP contribution in [0.1, 0.15) is 21.5 Å². The zero-order chi connectivity index (χ0) is 15.2. The van der Waals surface area contributed by atoms with Gasteiger partial charge in [0.15, 0.2) is 5.78 Å². The van der Waals surface area contributed by atoms with E-state index < -0.39 is 0 Å². The van der Waals surface area contributed by atoms with E-state index in [0.717, 1.165) is 5.56 Å². The maximum atomic E-state index is 12.2. The highest BCUT2D eigenvalue weighted by Gasteiger charge is 2.07. The van der Waals surface area contributed by atoms with Crippen LogP contribution in [-0.4, -0.2) is 12.9 Å². The number of hydrogen-bond acceptors (Lipinski definition) is 3. The van der Waals surface area contributed by atoms with Gasteiger partial charge in [0.2, 0.25) is 0 Å². The fraction of sp³-hybridized carbons (Fsp3) is 0.111. The summed E-state index contributed by atoms with van der Waals surface area (Å²) >= 11 is 0. The summed E-state index contributed by atoms with van der Waals surface area (Å²) in [5, 5.41) is 9.24. The number of hydrogen-bond donors (Lipinski definition) is 0. The number of rotatable bonds is 4. The highest BCUT2D eigenvalue weighted by atomic mass is 16.5. The van der Waals surface area contributed by atoms with E-state index >= 15 is 0 Å². The molecule has 2 aromatic rings. The number of ketones is 1. The first-order valence-corrected chi connectivity index (χ1v) is 6.51. The van der Waals surface area contributed by atoms with Crippen molar-refractivity contribution in [2.24, 2.45) is 0 Å². The molecule has 0 radical (unpaired) electrons. The van der Waals surface area contributed by atoms with Crippen molar-refractivity contribution in [1.29, 1.82) is 5.26 Å². The maximum absolute atomic E-state index is 12.2. The van der Waals surface area contributed by atoms with Crippen LogP contribution in [0.3, 0.4) is 0 Å². The summed E-state index contributed by atoms with van der Waals surface area (Å²) in [6.07, 6.45) is 1.37. The van der Waals surface area contributed by atoms with Gasteiger partial charge in [0.05, 0.1) is 18.8 Å². The molecule has 0 bridgehead atoms. The lowest BCUT2D eigenvalue weighted by atomic mass is 10.0. The summed E-state index contributed by atoms with van der Waals surface area (Å²) in [5.74, 6) is 0.531. The molecule has 0 heterocycles. The smallest absolute Gasteiger partial charge is 0.187 e. The van der Waals surface area contributed by atoms with Crippen molar-refractivity contribution in [3.63, 3.8) is 0 Å². The van der Waals surface area contributed by atoms with Crippen LogP contribution in [0.2, 0.25) is 0 Å². The molecule has 0 saturated heterocycles. The molecule has 2 aromatic carbocycles. The second-order valence-corrected chi connectivity index (χ2v) is 4.63. The van der Waals surface area contributed by atoms with E-state index in [9.17, 15) is 10.1 Å². The normalized spacial score (nSPS) is 10.8. The van der Waals surface area contributed by atoms with E-state index in [1.54, 1.807) is 43.5 Å². The average molecular weight is 277 g/mol. The zero-order valence-corrected chi connectivity index (χ0v) is 12.0. The third-order valence-corrected chi connectivity index (χ3v) is 3.13. The Hall–Kier alpha value is -2.86. The summed E-state index contributed by atoms with van der Waals surface area (Å²) in [5.41, 5.74) is 2.69. The number of nitriles is 1. The van der Waals surface area contributed by atoms with Crippen molar-refractivity contribution in [1.82, 2.24) is 0 Å². The van der Waals surface area contributed by atoms with Gasteiger partial charge in [-0.25, -0.2) is 0 Å². The van der Waals surface area contributed by atoms with Crippen LogP contribution >= 0.6 is 0 Å². The van der Waals surface area contributed by atoms with E-state index in [2.05, 4.69) is 6.07 Å². The molecule has 0 unspecified atom stereocenters. The minimum Gasteiger partial charge on any atom is -0.497 e. The van der Waals surface area contributed by atoms with Gasteiger partial charge in [-0.15, -0.1) is 0 Å². The Morgan fingerprint density at radius 2 is 1.62 bits per heavy atom. The first-order valence-electron chi connectivity index (χ1n) is 6.51. The van der Waals surface area contributed by atoms with Crippen LogP contribution in [0.4, 0.5) is 0 Å². The number of benzene rings is 2. The fourth-order valence-electron chi connectivity index (χ4n) is 1.88. The SMILES string of the molecule is COc1ccc(/C(C#N)=C/C(=O)c2ccc(C)cc2)cc1. The van der Waals surface area contributed by atoms with E-state index in [-0.39, 0.29) is 5.78 Å². The average Bonchev–Trinajstić information content (AvgIpc) is 2.53. The van der Waals surface area contributed by atoms with Crippen LogP contribution in [0.5, 0.6) is 5.75 Å². The van der Waals surface area contributed by atoms with Crippen molar-refractivity contribution in [2.45, 2.75) is 6.92 Å². The molecule has 0 spiro atoms. The lowest BCUT2D eigenvalue weighted by molar-refractivity contribution is 0.104. The molecule has 0 atom stereocenters. The van der Waals surface area contributed by atoms with Crippen molar-refractivity contribution in [2.75, 3.05) is 7.11 Å². The number of carbonyl (C=O) groups excluding carboxylic acids is 1. The molecule has 21 heavy (non-hydrogen) atoms. The van der Waals surface area contributed by atoms with Gasteiger partial charge in [-0.05, 0) is 36.8 Å². The molecule has 0 aliphatic rings. The summed E-state index contributed by atoms with van der Waals surface area (Å²) in [4.78, 5) is 12.2. The van der Waals surface area contributed by atoms with Gasteiger partial charge in [-0.1, -0.05) is 29.8 Å². The molecule has 0 aromatic heterocycles. The lowest BCUT2D eigenvalue weighted by Crippen LogP contribution is -1.96. The predicted octanol–water partition coefficient (Wildman–Crippen LogP) is 3.79. The molecular weight excluding hydrogens is 262 g/mol. The second kappa shape index (κ2) is 6.53. The van der Waals surface area contributed by atoms with Crippen LogP contribution in [0, 0.1) is 18.3 Å². The largest absolute Gasteiger partial charge is 0.497 e. The minimum atomic E-state index is -0.178. The first-order chi connectivity index (χ1) is 10.1.